The first-order valence-electron chi connectivity index (χ1n) is 7.98. The molecule has 6 nitrogen and oxygen atoms in total. The van der Waals surface area contributed by atoms with Gasteiger partial charge in [-0.25, -0.2) is 4.68 Å². The molecule has 1 aromatic heterocycles. The van der Waals surface area contributed by atoms with Gasteiger partial charge in [-0.3, -0.25) is 9.59 Å². The number of ether oxygens (including phenoxy) is 1. The van der Waals surface area contributed by atoms with Crippen molar-refractivity contribution in [2.24, 2.45) is 0 Å². The number of esters is 1. The number of halogens is 1. The molecule has 1 heterocycles. The fraction of sp³-hybridized carbons (Fsp3) is 0.389. The molecule has 1 aromatic carbocycles. The second-order valence-corrected chi connectivity index (χ2v) is 6.41. The Balaban J connectivity index is 2.13. The van der Waals surface area contributed by atoms with E-state index >= 15 is 0 Å². The highest BCUT2D eigenvalue weighted by Gasteiger charge is 2.22. The number of rotatable bonds is 6. The number of nitrogens with one attached hydrogen (secondary N) is 1. The second kappa shape index (κ2) is 8.16. The molecule has 2 rings (SSSR count). The number of hydrogen-bond donors (Lipinski definition) is 1. The van der Waals surface area contributed by atoms with E-state index in [2.05, 4.69) is 15.2 Å². The largest absolute Gasteiger partial charge is 0.469 e. The van der Waals surface area contributed by atoms with Crippen molar-refractivity contribution in [3.05, 3.63) is 51.8 Å². The molecule has 7 heteroatoms. The minimum absolute atomic E-state index is 0.0937. The quantitative estimate of drug-likeness (QED) is 0.801. The first kappa shape index (κ1) is 19.0. The number of nitrogens with zero attached hydrogens (tertiary/aromatic N) is 2. The average Bonchev–Trinajstić information content (AvgIpc) is 2.83. The van der Waals surface area contributed by atoms with Crippen LogP contribution in [-0.2, 0) is 16.1 Å². The van der Waals surface area contributed by atoms with Crippen LogP contribution in [0.1, 0.15) is 40.5 Å². The number of hydrogen-bond acceptors (Lipinski definition) is 4. The minimum Gasteiger partial charge on any atom is -0.469 e. The third kappa shape index (κ3) is 4.82. The number of amides is 1. The Labute approximate surface area is 152 Å². The topological polar surface area (TPSA) is 73.2 Å². The predicted octanol–water partition coefficient (Wildman–Crippen LogP) is 2.88. The van der Waals surface area contributed by atoms with Gasteiger partial charge in [0.1, 0.15) is 5.15 Å². The van der Waals surface area contributed by atoms with Crippen LogP contribution in [0.5, 0.6) is 0 Å². The standard InChI is InChI=1S/C18H22ClN3O3/c1-11-5-7-14(8-6-11)10-22-17(19)16(13(3)21-22)18(24)20-12(2)9-15(23)25-4/h5-8,12H,9-10H2,1-4H3,(H,20,24). The molecule has 1 N–H and O–H groups in total. The fourth-order valence-electron chi connectivity index (χ4n) is 2.46. The Hall–Kier alpha value is -2.34. The van der Waals surface area contributed by atoms with Gasteiger partial charge in [0.05, 0.1) is 31.3 Å². The number of carbonyl (C=O) groups excluding carboxylic acids is 2. The van der Waals surface area contributed by atoms with Crippen molar-refractivity contribution in [2.75, 3.05) is 7.11 Å². The van der Waals surface area contributed by atoms with E-state index in [1.807, 2.05) is 31.2 Å². The molecule has 1 unspecified atom stereocenters. The Kier molecular flexibility index (Phi) is 6.20. The first-order chi connectivity index (χ1) is 11.8. The Bertz CT molecular complexity index is 769. The summed E-state index contributed by atoms with van der Waals surface area (Å²) in [5, 5.41) is 7.39. The van der Waals surface area contributed by atoms with Crippen molar-refractivity contribution in [1.29, 1.82) is 0 Å². The van der Waals surface area contributed by atoms with Crippen molar-refractivity contribution in [3.63, 3.8) is 0 Å². The smallest absolute Gasteiger partial charge is 0.307 e. The Morgan fingerprint density at radius 3 is 2.52 bits per heavy atom. The lowest BCUT2D eigenvalue weighted by Crippen LogP contribution is -2.34. The van der Waals surface area contributed by atoms with E-state index in [1.165, 1.54) is 12.7 Å². The maximum atomic E-state index is 12.5. The third-order valence-corrected chi connectivity index (χ3v) is 4.21. The van der Waals surface area contributed by atoms with Crippen LogP contribution < -0.4 is 5.32 Å². The summed E-state index contributed by atoms with van der Waals surface area (Å²) in [6.45, 7) is 5.96. The molecule has 0 aliphatic heterocycles. The Morgan fingerprint density at radius 2 is 1.92 bits per heavy atom. The van der Waals surface area contributed by atoms with Gasteiger partial charge in [0, 0.05) is 6.04 Å². The normalized spacial score (nSPS) is 11.9. The summed E-state index contributed by atoms with van der Waals surface area (Å²) >= 11 is 6.37. The molecule has 0 aliphatic carbocycles. The van der Waals surface area contributed by atoms with Gasteiger partial charge in [0.2, 0.25) is 0 Å². The SMILES string of the molecule is COC(=O)CC(C)NC(=O)c1c(C)nn(Cc2ccc(C)cc2)c1Cl. The van der Waals surface area contributed by atoms with Gasteiger partial charge in [-0.05, 0) is 26.3 Å². The van der Waals surface area contributed by atoms with Crippen molar-refractivity contribution >= 4 is 23.5 Å². The zero-order chi connectivity index (χ0) is 18.6. The molecule has 0 saturated carbocycles. The van der Waals surface area contributed by atoms with Crippen molar-refractivity contribution in [2.45, 2.75) is 39.8 Å². The molecular formula is C18H22ClN3O3. The first-order valence-corrected chi connectivity index (χ1v) is 8.35. The van der Waals surface area contributed by atoms with E-state index in [0.29, 0.717) is 17.8 Å². The predicted molar refractivity (Wildman–Crippen MR) is 95.8 cm³/mol. The summed E-state index contributed by atoms with van der Waals surface area (Å²) in [6.07, 6.45) is 0.0937. The maximum Gasteiger partial charge on any atom is 0.307 e. The van der Waals surface area contributed by atoms with Crippen LogP contribution in [0.25, 0.3) is 0 Å². The number of methoxy groups -OCH3 is 1. The van der Waals surface area contributed by atoms with Gasteiger partial charge in [0.25, 0.3) is 5.91 Å². The molecule has 0 radical (unpaired) electrons. The minimum atomic E-state index is -0.384. The molecule has 0 aliphatic rings. The monoisotopic (exact) mass is 363 g/mol. The molecule has 0 spiro atoms. The highest BCUT2D eigenvalue weighted by atomic mass is 35.5. The van der Waals surface area contributed by atoms with Gasteiger partial charge < -0.3 is 10.1 Å². The number of carbonyl (C=O) groups is 2. The summed E-state index contributed by atoms with van der Waals surface area (Å²) in [5.74, 6) is -0.736. The molecule has 1 atom stereocenters. The van der Waals surface area contributed by atoms with Gasteiger partial charge >= 0.3 is 5.97 Å². The van der Waals surface area contributed by atoms with Crippen LogP contribution in [0.2, 0.25) is 5.15 Å². The van der Waals surface area contributed by atoms with Crippen LogP contribution in [0.3, 0.4) is 0 Å². The van der Waals surface area contributed by atoms with Crippen molar-refractivity contribution in [1.82, 2.24) is 15.1 Å². The number of benzene rings is 1. The summed E-state index contributed by atoms with van der Waals surface area (Å²) in [7, 11) is 1.31. The van der Waals surface area contributed by atoms with Crippen LogP contribution >= 0.6 is 11.6 Å². The van der Waals surface area contributed by atoms with Crippen molar-refractivity contribution in [3.8, 4) is 0 Å². The lowest BCUT2D eigenvalue weighted by molar-refractivity contribution is -0.141. The molecule has 0 bridgehead atoms. The maximum absolute atomic E-state index is 12.5. The Morgan fingerprint density at radius 1 is 1.28 bits per heavy atom. The van der Waals surface area contributed by atoms with E-state index in [9.17, 15) is 9.59 Å². The summed E-state index contributed by atoms with van der Waals surface area (Å²) in [4.78, 5) is 23.8. The molecular weight excluding hydrogens is 342 g/mol. The van der Waals surface area contributed by atoms with E-state index in [0.717, 1.165) is 5.56 Å². The van der Waals surface area contributed by atoms with Gasteiger partial charge in [-0.2, -0.15) is 5.10 Å². The van der Waals surface area contributed by atoms with E-state index in [1.54, 1.807) is 18.5 Å². The third-order valence-electron chi connectivity index (χ3n) is 3.82. The molecule has 25 heavy (non-hydrogen) atoms. The van der Waals surface area contributed by atoms with Crippen LogP contribution in [0.15, 0.2) is 24.3 Å². The lowest BCUT2D eigenvalue weighted by Gasteiger charge is -2.12. The van der Waals surface area contributed by atoms with Crippen LogP contribution in [0, 0.1) is 13.8 Å². The molecule has 0 fully saturated rings. The summed E-state index contributed by atoms with van der Waals surface area (Å²) in [5.41, 5.74) is 3.08. The van der Waals surface area contributed by atoms with Crippen LogP contribution in [0.4, 0.5) is 0 Å². The highest BCUT2D eigenvalue weighted by molar-refractivity contribution is 6.33. The van der Waals surface area contributed by atoms with Crippen LogP contribution in [-0.4, -0.2) is 34.8 Å². The van der Waals surface area contributed by atoms with Gasteiger partial charge in [-0.1, -0.05) is 41.4 Å². The molecule has 0 saturated heterocycles. The fourth-order valence-corrected chi connectivity index (χ4v) is 2.78. The molecule has 2 aromatic rings. The van der Waals surface area contributed by atoms with Gasteiger partial charge in [0.15, 0.2) is 0 Å². The average molecular weight is 364 g/mol. The highest BCUT2D eigenvalue weighted by Crippen LogP contribution is 2.21. The summed E-state index contributed by atoms with van der Waals surface area (Å²) < 4.78 is 6.20. The van der Waals surface area contributed by atoms with E-state index in [-0.39, 0.29) is 29.5 Å². The zero-order valence-corrected chi connectivity index (χ0v) is 15.6. The van der Waals surface area contributed by atoms with E-state index < -0.39 is 0 Å². The lowest BCUT2D eigenvalue weighted by atomic mass is 10.1. The summed E-state index contributed by atoms with van der Waals surface area (Å²) in [6, 6.07) is 7.67. The molecule has 1 amide bonds. The van der Waals surface area contributed by atoms with E-state index in [4.69, 9.17) is 11.6 Å². The zero-order valence-electron chi connectivity index (χ0n) is 14.8. The number of aromatic nitrogens is 2. The van der Waals surface area contributed by atoms with Gasteiger partial charge in [-0.15, -0.1) is 0 Å². The van der Waals surface area contributed by atoms with Crippen molar-refractivity contribution < 1.29 is 14.3 Å². The molecule has 134 valence electrons. The number of aryl methyl sites for hydroxylation is 2. The second-order valence-electron chi connectivity index (χ2n) is 6.05.